The third kappa shape index (κ3) is 2.61. The number of carbonyl (C=O) groups is 1. The average molecular weight is 383 g/mol. The fraction of sp³-hybridized carbons (Fsp3) is 0.800. The number of fused-ring (bicyclic) bond motifs is 1. The van der Waals surface area contributed by atoms with E-state index in [1.165, 1.54) is 0 Å². The van der Waals surface area contributed by atoms with Crippen LogP contribution in [0.4, 0.5) is 0 Å². The van der Waals surface area contributed by atoms with Crippen LogP contribution in [-0.4, -0.2) is 28.4 Å². The van der Waals surface area contributed by atoms with Crippen molar-refractivity contribution in [3.8, 4) is 0 Å². The van der Waals surface area contributed by atoms with Gasteiger partial charge >= 0.3 is 5.97 Å². The Balaban J connectivity index is 0.00000112. The maximum Gasteiger partial charge on any atom is 0.306 e. The molecule has 0 amide bonds. The molecule has 0 unspecified atom stereocenters. The van der Waals surface area contributed by atoms with Crippen LogP contribution in [0.3, 0.4) is 0 Å². The second-order valence-electron chi connectivity index (χ2n) is 4.12. The van der Waals surface area contributed by atoms with E-state index in [0.717, 1.165) is 13.0 Å². The van der Waals surface area contributed by atoms with Crippen LogP contribution in [0.25, 0.3) is 0 Å². The zero-order chi connectivity index (χ0) is 10.1. The summed E-state index contributed by atoms with van der Waals surface area (Å²) in [5, 5.41) is 18.3. The summed E-state index contributed by atoms with van der Waals surface area (Å²) in [4.78, 5) is 11.0. The van der Waals surface area contributed by atoms with Crippen molar-refractivity contribution in [2.24, 2.45) is 11.8 Å². The zero-order valence-electron chi connectivity index (χ0n) is 8.33. The Hall–Kier alpha value is 0.0783. The van der Waals surface area contributed by atoms with Crippen LogP contribution in [0, 0.1) is 18.4 Å². The molecular weight excluding hydrogens is 368 g/mol. The molecule has 0 aromatic heterocycles. The van der Waals surface area contributed by atoms with E-state index in [4.69, 9.17) is 9.84 Å². The Kier molecular flexibility index (Phi) is 4.75. The van der Waals surface area contributed by atoms with Gasteiger partial charge in [-0.25, -0.2) is 6.61 Å². The van der Waals surface area contributed by atoms with E-state index in [9.17, 15) is 9.90 Å². The van der Waals surface area contributed by atoms with Gasteiger partial charge in [-0.3, -0.25) is 4.79 Å². The minimum Gasteiger partial charge on any atom is -0.566 e. The molecule has 86 valence electrons. The van der Waals surface area contributed by atoms with E-state index in [2.05, 4.69) is 0 Å². The molecule has 2 N–H and O–H groups in total. The van der Waals surface area contributed by atoms with Crippen molar-refractivity contribution in [1.29, 1.82) is 0 Å². The van der Waals surface area contributed by atoms with Crippen molar-refractivity contribution < 1.29 is 40.8 Å². The van der Waals surface area contributed by atoms with Crippen molar-refractivity contribution >= 4 is 5.97 Å². The molecule has 0 aromatic rings. The maximum atomic E-state index is 11.0. The number of ether oxygens (including phenoxy) is 1. The second kappa shape index (κ2) is 5.42. The molecule has 0 spiro atoms. The van der Waals surface area contributed by atoms with Crippen LogP contribution < -0.4 is 0 Å². The first kappa shape index (κ1) is 13.1. The molecule has 1 aliphatic heterocycles. The summed E-state index contributed by atoms with van der Waals surface area (Å²) in [5.74, 6) is 0.122. The molecule has 1 heterocycles. The number of aliphatic hydroxyl groups is 2. The van der Waals surface area contributed by atoms with Gasteiger partial charge in [0.05, 0.1) is 12.5 Å². The smallest absolute Gasteiger partial charge is 0.306 e. The molecule has 0 bridgehead atoms. The second-order valence-corrected chi connectivity index (χ2v) is 4.12. The number of hydrogen-bond acceptors (Lipinski definition) is 4. The molecule has 1 saturated carbocycles. The molecule has 15 heavy (non-hydrogen) atoms. The quantitative estimate of drug-likeness (QED) is 0.554. The Morgan fingerprint density at radius 1 is 1.53 bits per heavy atom. The summed E-state index contributed by atoms with van der Waals surface area (Å²) >= 11 is 0. The van der Waals surface area contributed by atoms with E-state index in [-0.39, 0.29) is 51.1 Å². The number of carbonyl (C=O) groups excluding carboxylic acids is 1. The van der Waals surface area contributed by atoms with Crippen LogP contribution in [0.1, 0.15) is 25.7 Å². The topological polar surface area (TPSA) is 66.8 Å². The van der Waals surface area contributed by atoms with Gasteiger partial charge in [0.15, 0.2) is 0 Å². The summed E-state index contributed by atoms with van der Waals surface area (Å²) in [7, 11) is 0. The average Bonchev–Trinajstić information content (AvgIpc) is 2.58. The monoisotopic (exact) mass is 383 g/mol. The fourth-order valence-corrected chi connectivity index (χ4v) is 2.65. The fourth-order valence-electron chi connectivity index (χ4n) is 2.65. The van der Waals surface area contributed by atoms with Gasteiger partial charge in [0, 0.05) is 33.4 Å². The molecule has 1 saturated heterocycles. The predicted molar refractivity (Wildman–Crippen MR) is 47.6 cm³/mol. The van der Waals surface area contributed by atoms with Crippen LogP contribution in [-0.2, 0) is 30.6 Å². The molecular formula is C10H15O4W-. The summed E-state index contributed by atoms with van der Waals surface area (Å²) in [6.07, 6.45) is 1.83. The van der Waals surface area contributed by atoms with Crippen molar-refractivity contribution in [2.75, 3.05) is 0 Å². The summed E-state index contributed by atoms with van der Waals surface area (Å²) in [6.45, 7) is 1.11. The van der Waals surface area contributed by atoms with E-state index < -0.39 is 0 Å². The van der Waals surface area contributed by atoms with E-state index in [1.807, 2.05) is 0 Å². The van der Waals surface area contributed by atoms with E-state index >= 15 is 0 Å². The van der Waals surface area contributed by atoms with Crippen molar-refractivity contribution in [1.82, 2.24) is 0 Å². The Labute approximate surface area is 103 Å². The Morgan fingerprint density at radius 2 is 2.27 bits per heavy atom. The van der Waals surface area contributed by atoms with Crippen LogP contribution in [0.2, 0.25) is 0 Å². The van der Waals surface area contributed by atoms with Gasteiger partial charge in [0.1, 0.15) is 6.10 Å². The molecule has 2 aliphatic rings. The van der Waals surface area contributed by atoms with Gasteiger partial charge < -0.3 is 14.9 Å². The van der Waals surface area contributed by atoms with Crippen molar-refractivity contribution in [2.45, 2.75) is 37.9 Å². The van der Waals surface area contributed by atoms with Crippen LogP contribution in [0.5, 0.6) is 0 Å². The molecule has 4 atom stereocenters. The molecule has 5 heteroatoms. The number of hydrogen-bond donors (Lipinski definition) is 2. The van der Waals surface area contributed by atoms with Gasteiger partial charge in [-0.2, -0.15) is 6.42 Å². The normalized spacial score (nSPS) is 38.4. The minimum atomic E-state index is -0.377. The van der Waals surface area contributed by atoms with Gasteiger partial charge in [-0.15, -0.1) is 0 Å². The summed E-state index contributed by atoms with van der Waals surface area (Å²) in [6, 6.07) is 0. The first-order valence-electron chi connectivity index (χ1n) is 5.06. The molecule has 2 fully saturated rings. The predicted octanol–water partition coefficient (Wildman–Crippen LogP) is 0.611. The number of rotatable bonds is 3. The van der Waals surface area contributed by atoms with Gasteiger partial charge in [-0.1, -0.05) is 6.42 Å². The minimum absolute atomic E-state index is 0. The van der Waals surface area contributed by atoms with Crippen molar-refractivity contribution in [3.63, 3.8) is 0 Å². The van der Waals surface area contributed by atoms with Crippen LogP contribution >= 0.6 is 0 Å². The molecule has 4 nitrogen and oxygen atoms in total. The first-order valence-corrected chi connectivity index (χ1v) is 5.06. The maximum absolute atomic E-state index is 11.0. The summed E-state index contributed by atoms with van der Waals surface area (Å²) in [5.41, 5.74) is 0. The van der Waals surface area contributed by atoms with Crippen LogP contribution in [0.15, 0.2) is 0 Å². The molecule has 0 aromatic carbocycles. The third-order valence-electron chi connectivity index (χ3n) is 3.31. The SMILES string of the molecule is O=C1C[C@@H]2[C@@H](CC[CH-]O)[C@H](O)C[C@@H]2O1.[W]. The van der Waals surface area contributed by atoms with E-state index in [0.29, 0.717) is 19.3 Å². The number of aliphatic hydroxyl groups excluding tert-OH is 2. The third-order valence-corrected chi connectivity index (χ3v) is 3.31. The number of esters is 1. The van der Waals surface area contributed by atoms with Gasteiger partial charge in [-0.05, 0) is 5.92 Å². The Bertz CT molecular complexity index is 233. The first-order chi connectivity index (χ1) is 6.72. The largest absolute Gasteiger partial charge is 0.566 e. The molecule has 1 aliphatic carbocycles. The van der Waals surface area contributed by atoms with Gasteiger partial charge in [0.2, 0.25) is 0 Å². The van der Waals surface area contributed by atoms with E-state index in [1.54, 1.807) is 0 Å². The standard InChI is InChI=1S/C10H15O4.W/c11-3-1-2-6-7-4-10(13)14-9(7)5-8(6)12;/h3,6-9,11-12H,1-2,4-5H2;/q-1;/t6-,7-,8-,9+;/m1./s1. The van der Waals surface area contributed by atoms with Gasteiger partial charge in [0.25, 0.3) is 0 Å². The zero-order valence-corrected chi connectivity index (χ0v) is 11.3. The molecule has 2 rings (SSSR count). The molecule has 0 radical (unpaired) electrons. The summed E-state index contributed by atoms with van der Waals surface area (Å²) < 4.78 is 5.09. The van der Waals surface area contributed by atoms with Crippen molar-refractivity contribution in [3.05, 3.63) is 6.61 Å². The Morgan fingerprint density at radius 3 is 2.93 bits per heavy atom.